The molecular weight excluding hydrogens is 711 g/mol. The third-order valence-corrected chi connectivity index (χ3v) is 8.62. The van der Waals surface area contributed by atoms with E-state index in [0.29, 0.717) is 32.1 Å². The van der Waals surface area contributed by atoms with Crippen LogP contribution >= 0.6 is 38.9 Å². The van der Waals surface area contributed by atoms with Crippen LogP contribution in [-0.2, 0) is 16.1 Å². The Bertz CT molecular complexity index is 2070. The summed E-state index contributed by atoms with van der Waals surface area (Å²) in [5, 5.41) is 9.32. The number of carbonyl (C=O) groups is 1. The topological polar surface area (TPSA) is 103 Å². The Morgan fingerprint density at radius 1 is 1.17 bits per heavy atom. The van der Waals surface area contributed by atoms with Gasteiger partial charge in [0.2, 0.25) is 0 Å². The third kappa shape index (κ3) is 6.74. The van der Waals surface area contributed by atoms with Crippen molar-refractivity contribution in [1.82, 2.24) is 4.57 Å². The van der Waals surface area contributed by atoms with E-state index < -0.39 is 35.0 Å². The first-order valence-electron chi connectivity index (χ1n) is 13.5. The van der Waals surface area contributed by atoms with Gasteiger partial charge in [0.1, 0.15) is 6.61 Å². The van der Waals surface area contributed by atoms with Crippen molar-refractivity contribution in [2.75, 3.05) is 13.7 Å². The summed E-state index contributed by atoms with van der Waals surface area (Å²) in [6, 6.07) is 16.5. The number of methoxy groups -OCH3 is 1. The number of halogens is 5. The molecule has 0 fully saturated rings. The van der Waals surface area contributed by atoms with Gasteiger partial charge in [0.15, 0.2) is 22.0 Å². The maximum absolute atomic E-state index is 14.3. The van der Waals surface area contributed by atoms with E-state index in [1.54, 1.807) is 36.4 Å². The highest BCUT2D eigenvalue weighted by molar-refractivity contribution is 9.10. The molecule has 4 aromatic rings. The summed E-state index contributed by atoms with van der Waals surface area (Å²) in [4.78, 5) is 30.4. The van der Waals surface area contributed by atoms with Crippen molar-refractivity contribution in [2.24, 2.45) is 4.99 Å². The minimum atomic E-state index is -5.02. The van der Waals surface area contributed by atoms with Gasteiger partial charge < -0.3 is 14.2 Å². The molecule has 1 atom stereocenters. The third-order valence-electron chi connectivity index (χ3n) is 6.80. The molecule has 5 rings (SSSR count). The Kier molecular flexibility index (Phi) is 9.71. The normalized spacial score (nSPS) is 14.7. The molecule has 0 amide bonds. The van der Waals surface area contributed by atoms with Crippen molar-refractivity contribution in [3.63, 3.8) is 0 Å². The molecule has 0 saturated heterocycles. The predicted octanol–water partition coefficient (Wildman–Crippen LogP) is 6.22. The highest BCUT2D eigenvalue weighted by Gasteiger charge is 2.45. The number of nitrogens with zero attached hydrogens (tertiary/aromatic N) is 3. The minimum Gasteiger partial charge on any atom is -0.493 e. The molecule has 8 nitrogen and oxygen atoms in total. The van der Waals surface area contributed by atoms with E-state index in [-0.39, 0.29) is 28.1 Å². The summed E-state index contributed by atoms with van der Waals surface area (Å²) in [5.74, 6) is -0.537. The largest absolute Gasteiger partial charge is 0.493 e. The average molecular weight is 733 g/mol. The van der Waals surface area contributed by atoms with E-state index in [2.05, 4.69) is 27.0 Å². The molecule has 1 aromatic heterocycles. The number of thiazole rings is 1. The molecule has 3 aromatic carbocycles. The van der Waals surface area contributed by atoms with Gasteiger partial charge in [-0.05, 0) is 82.0 Å². The Morgan fingerprint density at radius 2 is 1.87 bits per heavy atom. The van der Waals surface area contributed by atoms with Gasteiger partial charge >= 0.3 is 12.1 Å². The quantitative estimate of drug-likeness (QED) is 0.200. The summed E-state index contributed by atoms with van der Waals surface area (Å²) in [6.45, 7) is 1.46. The fourth-order valence-electron chi connectivity index (χ4n) is 4.75. The highest BCUT2D eigenvalue weighted by atomic mass is 79.9. The molecule has 0 bridgehead atoms. The molecule has 0 N–H and O–H groups in total. The zero-order valence-corrected chi connectivity index (χ0v) is 27.2. The molecule has 0 spiro atoms. The number of ether oxygens (including phenoxy) is 3. The molecular formula is C32H22BrClF3N3O5S. The van der Waals surface area contributed by atoms with Gasteiger partial charge in [0.25, 0.3) is 5.56 Å². The van der Waals surface area contributed by atoms with Crippen molar-refractivity contribution in [2.45, 2.75) is 25.7 Å². The molecule has 1 aliphatic heterocycles. The van der Waals surface area contributed by atoms with Crippen LogP contribution in [0.3, 0.4) is 0 Å². The van der Waals surface area contributed by atoms with Gasteiger partial charge in [0, 0.05) is 5.02 Å². The number of fused-ring (bicyclic) bond motifs is 1. The second-order valence-corrected chi connectivity index (χ2v) is 12.0. The summed E-state index contributed by atoms with van der Waals surface area (Å²) < 4.78 is 61.2. The average Bonchev–Trinajstić information content (AvgIpc) is 3.34. The fraction of sp³-hybridized carbons (Fsp3) is 0.188. The van der Waals surface area contributed by atoms with E-state index in [0.717, 1.165) is 21.5 Å². The first-order chi connectivity index (χ1) is 21.9. The molecule has 2 heterocycles. The molecule has 0 radical (unpaired) electrons. The Hall–Kier alpha value is -4.38. The summed E-state index contributed by atoms with van der Waals surface area (Å²) >= 11 is 10.3. The van der Waals surface area contributed by atoms with Crippen LogP contribution in [0.15, 0.2) is 86.2 Å². The number of hydrogen-bond donors (Lipinski definition) is 0. The van der Waals surface area contributed by atoms with Crippen LogP contribution in [0.2, 0.25) is 5.02 Å². The summed E-state index contributed by atoms with van der Waals surface area (Å²) in [6.07, 6.45) is -3.53. The van der Waals surface area contributed by atoms with Crippen LogP contribution in [-0.4, -0.2) is 30.4 Å². The van der Waals surface area contributed by atoms with Crippen molar-refractivity contribution >= 4 is 50.9 Å². The van der Waals surface area contributed by atoms with Crippen LogP contribution in [0.4, 0.5) is 13.2 Å². The molecule has 0 aliphatic carbocycles. The lowest BCUT2D eigenvalue weighted by molar-refractivity contribution is -0.140. The first kappa shape index (κ1) is 33.0. The number of carbonyl (C=O) groups excluding carboxylic acids is 1. The number of aromatic nitrogens is 1. The van der Waals surface area contributed by atoms with E-state index in [9.17, 15) is 22.8 Å². The van der Waals surface area contributed by atoms with Crippen LogP contribution in [0.1, 0.15) is 35.2 Å². The second kappa shape index (κ2) is 13.5. The van der Waals surface area contributed by atoms with Crippen molar-refractivity contribution < 1.29 is 32.2 Å². The second-order valence-electron chi connectivity index (χ2n) is 9.75. The van der Waals surface area contributed by atoms with E-state index in [1.165, 1.54) is 44.4 Å². The highest BCUT2D eigenvalue weighted by Crippen LogP contribution is 2.39. The molecule has 46 heavy (non-hydrogen) atoms. The smallest absolute Gasteiger partial charge is 0.434 e. The summed E-state index contributed by atoms with van der Waals surface area (Å²) in [5.41, 5.74) is -0.885. The SMILES string of the molecule is CCOC(=O)C1=C(C(F)(F)F)N=c2s/c(=C\c3cc(Br)c(OCc4ccc(C#N)cc4)c(OC)c3)c(=O)n2[C@H]1c1ccc(Cl)cc1. The lowest BCUT2D eigenvalue weighted by atomic mass is 9.95. The maximum Gasteiger partial charge on any atom is 0.434 e. The van der Waals surface area contributed by atoms with Crippen LogP contribution in [0.25, 0.3) is 6.08 Å². The van der Waals surface area contributed by atoms with E-state index in [1.807, 2.05) is 0 Å². The number of benzene rings is 3. The lowest BCUT2D eigenvalue weighted by Crippen LogP contribution is -2.41. The number of nitriles is 1. The van der Waals surface area contributed by atoms with Gasteiger partial charge in [-0.25, -0.2) is 9.79 Å². The standard InChI is InChI=1S/C32H22BrClF3N3O5S/c1-3-44-30(42)25-26(20-8-10-21(34)11-9-20)40-29(41)24(46-31(40)39-28(25)32(35,36)37)14-19-12-22(33)27(23(13-19)43-2)45-16-18-6-4-17(15-38)5-7-18/h4-14,26H,3,16H2,1-2H3/b24-14-/t26-/m0/s1. The van der Waals surface area contributed by atoms with E-state index >= 15 is 0 Å². The number of allylic oxidation sites excluding steroid dienone is 1. The van der Waals surface area contributed by atoms with Crippen LogP contribution in [0, 0.1) is 11.3 Å². The van der Waals surface area contributed by atoms with Crippen molar-refractivity contribution in [3.8, 4) is 17.6 Å². The van der Waals surface area contributed by atoms with Gasteiger partial charge in [-0.2, -0.15) is 18.4 Å². The van der Waals surface area contributed by atoms with Gasteiger partial charge in [0.05, 0.1) is 46.0 Å². The monoisotopic (exact) mass is 731 g/mol. The van der Waals surface area contributed by atoms with E-state index in [4.69, 9.17) is 31.1 Å². The number of esters is 1. The molecule has 1 aliphatic rings. The van der Waals surface area contributed by atoms with Gasteiger partial charge in [-0.3, -0.25) is 9.36 Å². The molecule has 0 saturated carbocycles. The number of alkyl halides is 3. The van der Waals surface area contributed by atoms with Crippen molar-refractivity contribution in [3.05, 3.63) is 123 Å². The van der Waals surface area contributed by atoms with Gasteiger partial charge in [-0.1, -0.05) is 47.2 Å². The van der Waals surface area contributed by atoms with Crippen LogP contribution < -0.4 is 24.4 Å². The Balaban J connectivity index is 1.62. The fourth-order valence-corrected chi connectivity index (χ4v) is 6.45. The Labute approximate surface area is 277 Å². The summed E-state index contributed by atoms with van der Waals surface area (Å²) in [7, 11) is 1.44. The first-order valence-corrected chi connectivity index (χ1v) is 15.5. The van der Waals surface area contributed by atoms with Crippen LogP contribution in [0.5, 0.6) is 11.5 Å². The van der Waals surface area contributed by atoms with Crippen molar-refractivity contribution in [1.29, 1.82) is 5.26 Å². The predicted molar refractivity (Wildman–Crippen MR) is 168 cm³/mol. The Morgan fingerprint density at radius 3 is 2.48 bits per heavy atom. The zero-order valence-electron chi connectivity index (χ0n) is 24.0. The molecule has 236 valence electrons. The van der Waals surface area contributed by atoms with Gasteiger partial charge in [-0.15, -0.1) is 0 Å². The lowest BCUT2D eigenvalue weighted by Gasteiger charge is -2.26. The molecule has 14 heteroatoms. The molecule has 0 unspecified atom stereocenters. The minimum absolute atomic E-state index is 0.0598. The number of hydrogen-bond acceptors (Lipinski definition) is 8. The maximum atomic E-state index is 14.3. The number of rotatable bonds is 8. The zero-order chi connectivity index (χ0) is 33.2.